The Bertz CT molecular complexity index is 9260. The van der Waals surface area contributed by atoms with E-state index in [9.17, 15) is 36.7 Å². The van der Waals surface area contributed by atoms with Crippen molar-refractivity contribution in [2.24, 2.45) is 0 Å². The van der Waals surface area contributed by atoms with Crippen LogP contribution in [0.1, 0.15) is 32.4 Å². The van der Waals surface area contributed by atoms with E-state index in [0.29, 0.717) is 72.0 Å². The lowest BCUT2D eigenvalue weighted by Gasteiger charge is -2.32. The van der Waals surface area contributed by atoms with Gasteiger partial charge in [-0.3, -0.25) is 49.9 Å². The molecule has 0 atom stereocenters. The molecule has 5 amide bonds. The van der Waals surface area contributed by atoms with Crippen molar-refractivity contribution in [3.8, 4) is 135 Å². The minimum Gasteiger partial charge on any atom is -0.353 e. The number of aromatic amines is 8. The zero-order chi connectivity index (χ0) is 103. The van der Waals surface area contributed by atoms with Crippen LogP contribution in [0.15, 0.2) is 317 Å². The number of urea groups is 2. The highest BCUT2D eigenvalue weighted by Crippen LogP contribution is 2.43. The molecule has 0 radical (unpaired) electrons. The molecule has 11 N–H and O–H groups in total. The number of piperazine rings is 1. The fourth-order valence-corrected chi connectivity index (χ4v) is 18.5. The van der Waals surface area contributed by atoms with Crippen LogP contribution in [0.2, 0.25) is 0 Å². The molecular formula is C116H92F4N26O4. The number of amides is 5. The Morgan fingerprint density at radius 1 is 0.320 bits per heavy atom. The van der Waals surface area contributed by atoms with E-state index in [2.05, 4.69) is 147 Å². The number of likely N-dealkylation sites (N-methyl/N-ethyl adjacent to an activating group) is 1. The third kappa shape index (κ3) is 20.0. The molecule has 150 heavy (non-hydrogen) atoms. The molecule has 25 rings (SSSR count). The lowest BCUT2D eigenvalue weighted by atomic mass is 10.0. The number of rotatable bonds is 19. The first kappa shape index (κ1) is 95.2. The number of halogens is 4. The van der Waals surface area contributed by atoms with Crippen molar-refractivity contribution in [3.63, 3.8) is 0 Å². The molecule has 1 aliphatic heterocycles. The molecule has 24 aromatic rings. The smallest absolute Gasteiger partial charge is 0.321 e. The number of hydrogen-bond acceptors (Lipinski definition) is 17. The van der Waals surface area contributed by atoms with Crippen LogP contribution in [0.25, 0.3) is 222 Å². The molecule has 1 saturated heterocycles. The maximum atomic E-state index is 13.9. The number of aromatic nitrogens is 20. The Morgan fingerprint density at radius 3 is 1.01 bits per heavy atom. The fourth-order valence-electron chi connectivity index (χ4n) is 18.5. The minimum atomic E-state index is -0.272. The molecule has 0 unspecified atom stereocenters. The first-order valence-corrected chi connectivity index (χ1v) is 48.4. The van der Waals surface area contributed by atoms with Gasteiger partial charge in [-0.25, -0.2) is 47.1 Å². The standard InChI is InChI=1S/C31H27FN8O.C29H22FN5O.C28H22FN7O.C28H21FN6O/c1-39-9-11-40(12-10-39)31(41)35-23-13-20(16-33-18-23)21-14-26-29(37-38-30(26)34-17-21)28-15-25-24(3-2-4-27(25)36-28)19-5-7-22(32)8-6-19;1-2-22(36)13-21-10-9-18(15-31-21)19-12-25-28(34-35-29(25)32-16-19)27-14-24-23(7-4-8-26(24)33-27)17-5-3-6-20(30)11-17;1-36(2)28(37)32-20-10-17(13-30-15-20)18-11-23-26(34-35-27(23)31-14-18)25-12-22-21(4-3-5-24(22)33-25)16-6-8-19(29)9-7-16;1-2-26(36)32-20-10-17(13-30-15-20)18-11-23-27(34-35-28(23)31-14-18)25-12-22-21(7-4-8-24(22)33-25)16-5-3-6-19(29)9-16/h2-8,13-18,36H,9-12H2,1H3,(H,35,41)(H,34,37,38);3-12,14-16,33H,2,13H2,1H3,(H,32,34,35);3-15,33H,1-2H3,(H,32,37)(H,31,34,35);3-15,33H,2H2,1H3,(H,32,36)(H,31,34,35). The van der Waals surface area contributed by atoms with Crippen molar-refractivity contribution in [2.75, 3.05) is 63.3 Å². The number of fused-ring (bicyclic) bond motifs is 8. The Balaban J connectivity index is 0.000000113. The van der Waals surface area contributed by atoms with Gasteiger partial charge in [-0.05, 0) is 197 Å². The molecule has 34 heteroatoms. The Labute approximate surface area is 852 Å². The molecule has 0 bridgehead atoms. The van der Waals surface area contributed by atoms with Crippen molar-refractivity contribution in [1.82, 2.24) is 115 Å². The van der Waals surface area contributed by atoms with Gasteiger partial charge in [0.25, 0.3) is 0 Å². The number of nitrogens with one attached hydrogen (secondary N) is 11. The molecule has 1 aliphatic rings. The summed E-state index contributed by atoms with van der Waals surface area (Å²) in [5.74, 6) is -0.972. The highest BCUT2D eigenvalue weighted by Gasteiger charge is 2.25. The maximum absolute atomic E-state index is 13.9. The fraction of sp³-hybridized carbons (Fsp3) is 0.103. The van der Waals surface area contributed by atoms with Crippen LogP contribution in [-0.4, -0.2) is 186 Å². The molecule has 1 fully saturated rings. The van der Waals surface area contributed by atoms with Crippen molar-refractivity contribution in [3.05, 3.63) is 346 Å². The van der Waals surface area contributed by atoms with Crippen molar-refractivity contribution < 1.29 is 36.7 Å². The number of nitrogens with zero attached hydrogens (tertiary/aromatic N) is 15. The Morgan fingerprint density at radius 2 is 0.660 bits per heavy atom. The molecule has 0 aliphatic carbocycles. The molecule has 0 spiro atoms. The molecule has 17 heterocycles. The summed E-state index contributed by atoms with van der Waals surface area (Å²) in [6, 6.07) is 75.5. The highest BCUT2D eigenvalue weighted by molar-refractivity contribution is 6.07. The predicted molar refractivity (Wildman–Crippen MR) is 578 cm³/mol. The van der Waals surface area contributed by atoms with Gasteiger partial charge in [-0.1, -0.05) is 117 Å². The quantitative estimate of drug-likeness (QED) is 0.0335. The highest BCUT2D eigenvalue weighted by atomic mass is 19.1. The summed E-state index contributed by atoms with van der Waals surface area (Å²) in [5, 5.41) is 46.1. The van der Waals surface area contributed by atoms with Gasteiger partial charge in [-0.15, -0.1) is 0 Å². The van der Waals surface area contributed by atoms with Gasteiger partial charge in [0.2, 0.25) is 5.91 Å². The number of anilines is 3. The second kappa shape index (κ2) is 41.2. The van der Waals surface area contributed by atoms with Crippen molar-refractivity contribution in [1.29, 1.82) is 0 Å². The van der Waals surface area contributed by atoms with E-state index in [1.165, 1.54) is 47.4 Å². The molecule has 8 aromatic carbocycles. The van der Waals surface area contributed by atoms with E-state index in [0.717, 1.165) is 219 Å². The second-order valence-corrected chi connectivity index (χ2v) is 36.5. The van der Waals surface area contributed by atoms with Gasteiger partial charge < -0.3 is 50.6 Å². The average Bonchev–Trinajstić information content (AvgIpc) is 1.62. The number of H-pyrrole nitrogens is 8. The molecular weight excluding hydrogens is 1900 g/mol. The zero-order valence-electron chi connectivity index (χ0n) is 81.3. The van der Waals surface area contributed by atoms with Crippen LogP contribution in [0.5, 0.6) is 0 Å². The lowest BCUT2D eigenvalue weighted by molar-refractivity contribution is -0.118. The van der Waals surface area contributed by atoms with Gasteiger partial charge >= 0.3 is 12.1 Å². The monoisotopic (exact) mass is 1990 g/mol. The number of benzene rings is 8. The summed E-state index contributed by atoms with van der Waals surface area (Å²) in [7, 11) is 5.41. The SMILES string of the molecule is CCC(=O)Cc1ccc(-c2cnc3n[nH]c(-c4cc5c(-c6cccc(F)c6)cccc5[nH]4)c3c2)cn1.CCC(=O)Nc1cncc(-c2cnc3n[nH]c(-c4cc5c(-c6cccc(F)c6)cccc5[nH]4)c3c2)c1.CN(C)C(=O)Nc1cncc(-c2cnc3n[nH]c(-c4cc5c(-c6ccc(F)cc6)cccc5[nH]4)c3c2)c1.CN1CCN(C(=O)Nc2cncc(-c3cnc4n[nH]c(-c5cc6c(-c7ccc(F)cc7)cccc6[nH]5)c4c3)c2)CC1. The molecule has 738 valence electrons. The summed E-state index contributed by atoms with van der Waals surface area (Å²) < 4.78 is 54.8. The van der Waals surface area contributed by atoms with Crippen molar-refractivity contribution >= 4 is 129 Å². The molecule has 0 saturated carbocycles. The number of Topliss-reactive ketones (excluding diaryl/α,β-unsaturated/α-hetero) is 1. The van der Waals surface area contributed by atoms with Crippen LogP contribution in [0.3, 0.4) is 0 Å². The van der Waals surface area contributed by atoms with E-state index in [4.69, 9.17) is 0 Å². The van der Waals surface area contributed by atoms with Crippen LogP contribution in [0.4, 0.5) is 44.2 Å². The van der Waals surface area contributed by atoms with Gasteiger partial charge in [-0.2, -0.15) is 20.4 Å². The summed E-state index contributed by atoms with van der Waals surface area (Å²) in [5.41, 5.74) is 29.7. The van der Waals surface area contributed by atoms with Gasteiger partial charge in [0.1, 0.15) is 29.1 Å². The number of hydrogen-bond donors (Lipinski definition) is 11. The number of pyridine rings is 8. The van der Waals surface area contributed by atoms with E-state index < -0.39 is 0 Å². The number of carbonyl (C=O) groups excluding carboxylic acids is 4. The maximum Gasteiger partial charge on any atom is 0.321 e. The predicted octanol–water partition coefficient (Wildman–Crippen LogP) is 24.6. The Hall–Kier alpha value is -19.6. The van der Waals surface area contributed by atoms with Crippen LogP contribution in [-0.2, 0) is 16.0 Å². The van der Waals surface area contributed by atoms with Gasteiger partial charge in [0.15, 0.2) is 22.6 Å². The summed E-state index contributed by atoms with van der Waals surface area (Å²) >= 11 is 0. The van der Waals surface area contributed by atoms with Crippen molar-refractivity contribution in [2.45, 2.75) is 33.1 Å². The molecule has 30 nitrogen and oxygen atoms in total. The average molecular weight is 1990 g/mol. The number of ketones is 1. The van der Waals surface area contributed by atoms with Crippen LogP contribution in [0, 0.1) is 23.3 Å². The first-order chi connectivity index (χ1) is 73.1. The summed E-state index contributed by atoms with van der Waals surface area (Å²) in [6.07, 6.45) is 20.1. The van der Waals surface area contributed by atoms with E-state index in [1.807, 2.05) is 157 Å². The second-order valence-electron chi connectivity index (χ2n) is 36.5. The summed E-state index contributed by atoms with van der Waals surface area (Å²) in [4.78, 5) is 103. The normalized spacial score (nSPS) is 12.1. The Kier molecular flexibility index (Phi) is 26.2. The minimum absolute atomic E-state index is 0.0731. The topological polar surface area (TPSA) is 395 Å². The third-order valence-corrected chi connectivity index (χ3v) is 26.4. The zero-order valence-corrected chi connectivity index (χ0v) is 81.3. The third-order valence-electron chi connectivity index (χ3n) is 26.4. The van der Waals surface area contributed by atoms with Crippen LogP contribution < -0.4 is 16.0 Å². The van der Waals surface area contributed by atoms with Gasteiger partial charge in [0, 0.05) is 224 Å². The number of carbonyl (C=O) groups is 4. The van der Waals surface area contributed by atoms with E-state index in [1.54, 1.807) is 132 Å². The van der Waals surface area contributed by atoms with E-state index in [-0.39, 0.29) is 47.0 Å². The lowest BCUT2D eigenvalue weighted by Crippen LogP contribution is -2.48. The first-order valence-electron chi connectivity index (χ1n) is 48.4. The van der Waals surface area contributed by atoms with E-state index >= 15 is 0 Å². The summed E-state index contributed by atoms with van der Waals surface area (Å²) in [6.45, 7) is 6.76. The largest absolute Gasteiger partial charge is 0.353 e. The molecule has 16 aromatic heterocycles. The van der Waals surface area contributed by atoms with Crippen LogP contribution >= 0.6 is 0 Å². The van der Waals surface area contributed by atoms with Gasteiger partial charge in [0.05, 0.1) is 81.2 Å².